The summed E-state index contributed by atoms with van der Waals surface area (Å²) in [5.41, 5.74) is 3.08. The van der Waals surface area contributed by atoms with Crippen LogP contribution in [0.15, 0.2) is 24.3 Å². The zero-order valence-electron chi connectivity index (χ0n) is 11.9. The average molecular weight is 259 g/mol. The van der Waals surface area contributed by atoms with Gasteiger partial charge in [-0.25, -0.2) is 4.79 Å². The zero-order valence-corrected chi connectivity index (χ0v) is 11.9. The van der Waals surface area contributed by atoms with Crippen molar-refractivity contribution in [3.8, 4) is 0 Å². The molecule has 19 heavy (non-hydrogen) atoms. The first-order valence-corrected chi connectivity index (χ1v) is 7.10. The lowest BCUT2D eigenvalue weighted by atomic mass is 10.1. The molecule has 0 saturated heterocycles. The molecule has 0 unspecified atom stereocenters. The predicted molar refractivity (Wildman–Crippen MR) is 77.6 cm³/mol. The van der Waals surface area contributed by atoms with Crippen molar-refractivity contribution >= 4 is 16.9 Å². The van der Waals surface area contributed by atoms with Crippen LogP contribution < -0.4 is 0 Å². The third-order valence-corrected chi connectivity index (χ3v) is 3.35. The molecule has 0 radical (unpaired) electrons. The van der Waals surface area contributed by atoms with Crippen molar-refractivity contribution in [3.05, 3.63) is 35.5 Å². The number of aryl methyl sites for hydroxylation is 1. The van der Waals surface area contributed by atoms with Crippen molar-refractivity contribution in [1.82, 2.24) is 4.57 Å². The van der Waals surface area contributed by atoms with Gasteiger partial charge in [0.25, 0.3) is 0 Å². The van der Waals surface area contributed by atoms with E-state index in [-0.39, 0.29) is 5.97 Å². The SMILES string of the molecule is CC.CCOC(=O)c1c2n(c3ccccc13)CCC2. The first-order chi connectivity index (χ1) is 9.33. The number of hydrogen-bond acceptors (Lipinski definition) is 2. The molecule has 1 aliphatic rings. The normalized spacial score (nSPS) is 12.8. The summed E-state index contributed by atoms with van der Waals surface area (Å²) in [5.74, 6) is -0.181. The van der Waals surface area contributed by atoms with Crippen LogP contribution in [0.25, 0.3) is 10.9 Å². The highest BCUT2D eigenvalue weighted by atomic mass is 16.5. The van der Waals surface area contributed by atoms with Gasteiger partial charge in [-0.3, -0.25) is 0 Å². The van der Waals surface area contributed by atoms with Gasteiger partial charge in [0.2, 0.25) is 0 Å². The highest BCUT2D eigenvalue weighted by molar-refractivity contribution is 6.06. The van der Waals surface area contributed by atoms with E-state index in [1.165, 1.54) is 0 Å². The van der Waals surface area contributed by atoms with E-state index in [1.807, 2.05) is 39.0 Å². The molecule has 0 saturated carbocycles. The Hall–Kier alpha value is -1.77. The maximum Gasteiger partial charge on any atom is 0.340 e. The summed E-state index contributed by atoms with van der Waals surface area (Å²) in [4.78, 5) is 12.0. The van der Waals surface area contributed by atoms with E-state index in [9.17, 15) is 4.79 Å². The van der Waals surface area contributed by atoms with Gasteiger partial charge < -0.3 is 9.30 Å². The minimum absolute atomic E-state index is 0.181. The second kappa shape index (κ2) is 5.91. The van der Waals surface area contributed by atoms with Crippen LogP contribution in [0.2, 0.25) is 0 Å². The second-order valence-corrected chi connectivity index (χ2v) is 4.31. The number of fused-ring (bicyclic) bond motifs is 3. The first-order valence-electron chi connectivity index (χ1n) is 7.10. The van der Waals surface area contributed by atoms with E-state index >= 15 is 0 Å². The van der Waals surface area contributed by atoms with Gasteiger partial charge in [-0.15, -0.1) is 0 Å². The van der Waals surface area contributed by atoms with Gasteiger partial charge in [0, 0.05) is 23.1 Å². The Morgan fingerprint density at radius 3 is 2.79 bits per heavy atom. The van der Waals surface area contributed by atoms with E-state index in [0.717, 1.165) is 41.5 Å². The van der Waals surface area contributed by atoms with Crippen LogP contribution in [0.1, 0.15) is 43.2 Å². The molecule has 1 aromatic carbocycles. The lowest BCUT2D eigenvalue weighted by Gasteiger charge is -2.02. The Morgan fingerprint density at radius 1 is 1.32 bits per heavy atom. The summed E-state index contributed by atoms with van der Waals surface area (Å²) >= 11 is 0. The van der Waals surface area contributed by atoms with Gasteiger partial charge in [0.05, 0.1) is 12.2 Å². The number of nitrogens with zero attached hydrogens (tertiary/aromatic N) is 1. The molecule has 0 fully saturated rings. The van der Waals surface area contributed by atoms with Crippen molar-refractivity contribution in [3.63, 3.8) is 0 Å². The van der Waals surface area contributed by atoms with Crippen molar-refractivity contribution in [1.29, 1.82) is 0 Å². The molecule has 3 rings (SSSR count). The third kappa shape index (κ3) is 2.25. The van der Waals surface area contributed by atoms with Crippen molar-refractivity contribution in [2.45, 2.75) is 40.2 Å². The van der Waals surface area contributed by atoms with Gasteiger partial charge in [-0.1, -0.05) is 32.0 Å². The van der Waals surface area contributed by atoms with Crippen LogP contribution >= 0.6 is 0 Å². The minimum Gasteiger partial charge on any atom is -0.462 e. The van der Waals surface area contributed by atoms with E-state index in [2.05, 4.69) is 10.6 Å². The van der Waals surface area contributed by atoms with Crippen LogP contribution in [-0.2, 0) is 17.7 Å². The molecule has 102 valence electrons. The maximum atomic E-state index is 12.0. The summed E-state index contributed by atoms with van der Waals surface area (Å²) in [6, 6.07) is 8.07. The topological polar surface area (TPSA) is 31.2 Å². The van der Waals surface area contributed by atoms with Crippen LogP contribution in [0.4, 0.5) is 0 Å². The highest BCUT2D eigenvalue weighted by Gasteiger charge is 2.25. The zero-order chi connectivity index (χ0) is 13.8. The maximum absolute atomic E-state index is 12.0. The number of carbonyl (C=O) groups excluding carboxylic acids is 1. The Kier molecular flexibility index (Phi) is 4.25. The molecule has 0 aliphatic carbocycles. The average Bonchev–Trinajstić information content (AvgIpc) is 3.01. The van der Waals surface area contributed by atoms with E-state index in [4.69, 9.17) is 4.74 Å². The summed E-state index contributed by atoms with van der Waals surface area (Å²) in [5, 5.41) is 1.03. The van der Waals surface area contributed by atoms with Gasteiger partial charge in [-0.2, -0.15) is 0 Å². The molecule has 2 aromatic rings. The predicted octanol–water partition coefficient (Wildman–Crippen LogP) is 3.79. The van der Waals surface area contributed by atoms with Crippen LogP contribution in [0.3, 0.4) is 0 Å². The van der Waals surface area contributed by atoms with E-state index in [1.54, 1.807) is 0 Å². The molecule has 3 heteroatoms. The number of rotatable bonds is 2. The third-order valence-electron chi connectivity index (χ3n) is 3.35. The molecular formula is C16H21NO2. The molecule has 2 heterocycles. The van der Waals surface area contributed by atoms with E-state index in [0.29, 0.717) is 6.61 Å². The number of para-hydroxylation sites is 1. The van der Waals surface area contributed by atoms with Crippen molar-refractivity contribution < 1.29 is 9.53 Å². The minimum atomic E-state index is -0.181. The lowest BCUT2D eigenvalue weighted by molar-refractivity contribution is 0.0527. The molecular weight excluding hydrogens is 238 g/mol. The first kappa shape index (κ1) is 13.7. The Labute approximate surface area is 114 Å². The van der Waals surface area contributed by atoms with Crippen LogP contribution in [0.5, 0.6) is 0 Å². The number of hydrogen-bond donors (Lipinski definition) is 0. The fraction of sp³-hybridized carbons (Fsp3) is 0.438. The molecule has 3 nitrogen and oxygen atoms in total. The van der Waals surface area contributed by atoms with Gasteiger partial charge in [0.1, 0.15) is 0 Å². The number of benzene rings is 1. The largest absolute Gasteiger partial charge is 0.462 e. The number of esters is 1. The van der Waals surface area contributed by atoms with E-state index < -0.39 is 0 Å². The molecule has 0 spiro atoms. The number of carbonyl (C=O) groups is 1. The quantitative estimate of drug-likeness (QED) is 0.768. The smallest absolute Gasteiger partial charge is 0.340 e. The highest BCUT2D eigenvalue weighted by Crippen LogP contribution is 2.31. The molecule has 0 bridgehead atoms. The molecule has 1 aromatic heterocycles. The van der Waals surface area contributed by atoms with Gasteiger partial charge in [-0.05, 0) is 25.8 Å². The lowest BCUT2D eigenvalue weighted by Crippen LogP contribution is -2.06. The van der Waals surface area contributed by atoms with Gasteiger partial charge >= 0.3 is 5.97 Å². The fourth-order valence-corrected chi connectivity index (χ4v) is 2.71. The summed E-state index contributed by atoms with van der Waals surface area (Å²) < 4.78 is 7.42. The molecule has 0 N–H and O–H groups in total. The molecule has 0 amide bonds. The second-order valence-electron chi connectivity index (χ2n) is 4.31. The van der Waals surface area contributed by atoms with Crippen molar-refractivity contribution in [2.24, 2.45) is 0 Å². The Bertz CT molecular complexity index is 584. The monoisotopic (exact) mass is 259 g/mol. The van der Waals surface area contributed by atoms with Gasteiger partial charge in [0.15, 0.2) is 0 Å². The fourth-order valence-electron chi connectivity index (χ4n) is 2.71. The summed E-state index contributed by atoms with van der Waals surface area (Å²) in [6.07, 6.45) is 2.09. The Balaban J connectivity index is 0.000000637. The summed E-state index contributed by atoms with van der Waals surface area (Å²) in [7, 11) is 0. The van der Waals surface area contributed by atoms with Crippen molar-refractivity contribution in [2.75, 3.05) is 6.61 Å². The van der Waals surface area contributed by atoms with Crippen LogP contribution in [-0.4, -0.2) is 17.1 Å². The standard InChI is InChI=1S/C14H15NO2.C2H6/c1-2-17-14(16)13-10-6-3-4-7-11(10)15-9-5-8-12(13)15;1-2/h3-4,6-7H,2,5,8-9H2,1H3;1-2H3. The molecule has 0 atom stereocenters. The Morgan fingerprint density at radius 2 is 2.05 bits per heavy atom. The summed E-state index contributed by atoms with van der Waals surface area (Å²) in [6.45, 7) is 7.28. The number of aromatic nitrogens is 1. The van der Waals surface area contributed by atoms with Crippen LogP contribution in [0, 0.1) is 0 Å². The molecule has 1 aliphatic heterocycles. The number of ether oxygens (including phenoxy) is 1.